The van der Waals surface area contributed by atoms with Crippen LogP contribution in [0.1, 0.15) is 10.4 Å². The summed E-state index contributed by atoms with van der Waals surface area (Å²) < 4.78 is 27.0. The Morgan fingerprint density at radius 1 is 0.903 bits per heavy atom. The van der Waals surface area contributed by atoms with Crippen LogP contribution in [0.25, 0.3) is 0 Å². The number of piperazine rings is 1. The van der Waals surface area contributed by atoms with Gasteiger partial charge < -0.3 is 10.2 Å². The fourth-order valence-electron chi connectivity index (χ4n) is 3.35. The van der Waals surface area contributed by atoms with Gasteiger partial charge in [0.25, 0.3) is 5.91 Å². The van der Waals surface area contributed by atoms with Gasteiger partial charge in [0.1, 0.15) is 5.82 Å². The second-order valence-electron chi connectivity index (χ2n) is 7.07. The number of hydrogen-bond acceptors (Lipinski definition) is 5. The van der Waals surface area contributed by atoms with Crippen molar-refractivity contribution in [3.05, 3.63) is 83.5 Å². The van der Waals surface area contributed by atoms with Gasteiger partial charge in [-0.3, -0.25) is 4.79 Å². The van der Waals surface area contributed by atoms with E-state index in [1.807, 2.05) is 11.0 Å². The van der Waals surface area contributed by atoms with E-state index in [2.05, 4.69) is 10.3 Å². The number of benzene rings is 2. The molecule has 0 atom stereocenters. The minimum Gasteiger partial charge on any atom is -0.354 e. The van der Waals surface area contributed by atoms with Crippen LogP contribution in [-0.4, -0.2) is 49.8 Å². The summed E-state index contributed by atoms with van der Waals surface area (Å²) in [5.41, 5.74) is 1.08. The van der Waals surface area contributed by atoms with E-state index in [0.717, 1.165) is 5.82 Å². The van der Waals surface area contributed by atoms with E-state index in [4.69, 9.17) is 11.6 Å². The van der Waals surface area contributed by atoms with Gasteiger partial charge in [0.15, 0.2) is 0 Å². The smallest absolute Gasteiger partial charge is 0.255 e. The lowest BCUT2D eigenvalue weighted by Gasteiger charge is -2.34. The molecule has 0 radical (unpaired) electrons. The van der Waals surface area contributed by atoms with Crippen LogP contribution >= 0.6 is 11.6 Å². The lowest BCUT2D eigenvalue weighted by molar-refractivity contribution is 0.102. The normalized spacial score (nSPS) is 14.9. The second kappa shape index (κ2) is 9.05. The first-order valence-electron chi connectivity index (χ1n) is 9.76. The number of pyridine rings is 1. The fraction of sp³-hybridized carbons (Fsp3) is 0.182. The maximum atomic E-state index is 12.8. The average molecular weight is 457 g/mol. The number of halogens is 1. The molecule has 1 aromatic heterocycles. The SMILES string of the molecule is O=C(Nc1ccc(N2CCN(S(=O)(=O)c3ccccc3)CC2)nc1)c1ccc(Cl)cc1. The van der Waals surface area contributed by atoms with Crippen molar-refractivity contribution in [3.8, 4) is 0 Å². The Labute approximate surface area is 186 Å². The molecule has 1 aliphatic rings. The van der Waals surface area contributed by atoms with Crippen molar-refractivity contribution in [2.24, 2.45) is 0 Å². The highest BCUT2D eigenvalue weighted by Crippen LogP contribution is 2.21. The van der Waals surface area contributed by atoms with E-state index in [0.29, 0.717) is 47.3 Å². The molecule has 0 spiro atoms. The van der Waals surface area contributed by atoms with Crippen molar-refractivity contribution < 1.29 is 13.2 Å². The minimum absolute atomic E-state index is 0.244. The quantitative estimate of drug-likeness (QED) is 0.635. The summed E-state index contributed by atoms with van der Waals surface area (Å²) >= 11 is 5.85. The highest BCUT2D eigenvalue weighted by molar-refractivity contribution is 7.89. The van der Waals surface area contributed by atoms with Crippen LogP contribution < -0.4 is 10.2 Å². The number of nitrogens with one attached hydrogen (secondary N) is 1. The van der Waals surface area contributed by atoms with E-state index >= 15 is 0 Å². The predicted octanol–water partition coefficient (Wildman–Crippen LogP) is 3.50. The van der Waals surface area contributed by atoms with Crippen molar-refractivity contribution in [1.29, 1.82) is 0 Å². The Morgan fingerprint density at radius 3 is 2.19 bits per heavy atom. The van der Waals surface area contributed by atoms with Crippen LogP contribution in [0.4, 0.5) is 11.5 Å². The highest BCUT2D eigenvalue weighted by Gasteiger charge is 2.28. The summed E-state index contributed by atoms with van der Waals surface area (Å²) in [6.07, 6.45) is 1.59. The Balaban J connectivity index is 1.36. The van der Waals surface area contributed by atoms with Crippen LogP contribution in [0.2, 0.25) is 5.02 Å². The molecule has 3 aromatic rings. The van der Waals surface area contributed by atoms with E-state index in [-0.39, 0.29) is 5.91 Å². The Morgan fingerprint density at radius 2 is 1.58 bits per heavy atom. The first-order chi connectivity index (χ1) is 14.9. The lowest BCUT2D eigenvalue weighted by Crippen LogP contribution is -2.48. The molecule has 31 heavy (non-hydrogen) atoms. The van der Waals surface area contributed by atoms with E-state index in [1.54, 1.807) is 66.9 Å². The molecule has 0 unspecified atom stereocenters. The van der Waals surface area contributed by atoms with Crippen LogP contribution in [0.15, 0.2) is 77.8 Å². The molecule has 1 amide bonds. The van der Waals surface area contributed by atoms with Crippen molar-refractivity contribution in [2.75, 3.05) is 36.4 Å². The van der Waals surface area contributed by atoms with Gasteiger partial charge in [0.05, 0.1) is 16.8 Å². The fourth-order valence-corrected chi connectivity index (χ4v) is 4.92. The molecule has 7 nitrogen and oxygen atoms in total. The number of hydrogen-bond donors (Lipinski definition) is 1. The van der Waals surface area contributed by atoms with Gasteiger partial charge in [-0.1, -0.05) is 29.8 Å². The number of sulfonamides is 1. The maximum absolute atomic E-state index is 12.8. The summed E-state index contributed by atoms with van der Waals surface area (Å²) in [7, 11) is -3.49. The van der Waals surface area contributed by atoms with E-state index < -0.39 is 10.0 Å². The average Bonchev–Trinajstić information content (AvgIpc) is 2.81. The molecule has 0 saturated carbocycles. The molecule has 0 bridgehead atoms. The summed E-state index contributed by atoms with van der Waals surface area (Å²) in [4.78, 5) is 19.1. The van der Waals surface area contributed by atoms with Gasteiger partial charge in [-0.05, 0) is 48.5 Å². The molecule has 160 valence electrons. The van der Waals surface area contributed by atoms with Crippen LogP contribution in [0.3, 0.4) is 0 Å². The zero-order valence-electron chi connectivity index (χ0n) is 16.6. The molecule has 1 fully saturated rings. The van der Waals surface area contributed by atoms with Gasteiger partial charge >= 0.3 is 0 Å². The highest BCUT2D eigenvalue weighted by atomic mass is 35.5. The molecule has 1 saturated heterocycles. The first-order valence-corrected chi connectivity index (χ1v) is 11.6. The molecular formula is C22H21ClN4O3S. The van der Waals surface area contributed by atoms with Gasteiger partial charge in [-0.2, -0.15) is 4.31 Å². The van der Waals surface area contributed by atoms with Crippen molar-refractivity contribution in [1.82, 2.24) is 9.29 Å². The number of amides is 1. The number of rotatable bonds is 5. The molecule has 2 aromatic carbocycles. The van der Waals surface area contributed by atoms with Crippen LogP contribution in [-0.2, 0) is 10.0 Å². The molecule has 1 N–H and O–H groups in total. The Hall–Kier alpha value is -2.94. The van der Waals surface area contributed by atoms with Crippen LogP contribution in [0.5, 0.6) is 0 Å². The Bertz CT molecular complexity index is 1150. The largest absolute Gasteiger partial charge is 0.354 e. The first kappa shape index (κ1) is 21.3. The standard InChI is InChI=1S/C22H21ClN4O3S/c23-18-8-6-17(7-9-18)22(28)25-19-10-11-21(24-16-19)26-12-14-27(15-13-26)31(29,30)20-4-2-1-3-5-20/h1-11,16H,12-15H2,(H,25,28). The summed E-state index contributed by atoms with van der Waals surface area (Å²) in [5, 5.41) is 3.37. The van der Waals surface area contributed by atoms with Gasteiger partial charge in [0.2, 0.25) is 10.0 Å². The third-order valence-electron chi connectivity index (χ3n) is 5.06. The topological polar surface area (TPSA) is 82.6 Å². The van der Waals surface area contributed by atoms with Crippen molar-refractivity contribution in [2.45, 2.75) is 4.90 Å². The maximum Gasteiger partial charge on any atom is 0.255 e. The molecule has 2 heterocycles. The number of carbonyl (C=O) groups excluding carboxylic acids is 1. The second-order valence-corrected chi connectivity index (χ2v) is 9.44. The number of anilines is 2. The predicted molar refractivity (Wildman–Crippen MR) is 121 cm³/mol. The molecule has 0 aliphatic carbocycles. The molecule has 1 aliphatic heterocycles. The van der Waals surface area contributed by atoms with Gasteiger partial charge in [-0.25, -0.2) is 13.4 Å². The molecular weight excluding hydrogens is 436 g/mol. The zero-order chi connectivity index (χ0) is 21.8. The third kappa shape index (κ3) is 4.87. The number of carbonyl (C=O) groups is 1. The number of nitrogens with zero attached hydrogens (tertiary/aromatic N) is 3. The summed E-state index contributed by atoms with van der Waals surface area (Å²) in [6.45, 7) is 1.84. The minimum atomic E-state index is -3.49. The zero-order valence-corrected chi connectivity index (χ0v) is 18.2. The third-order valence-corrected chi connectivity index (χ3v) is 7.22. The van der Waals surface area contributed by atoms with E-state index in [1.165, 1.54) is 4.31 Å². The monoisotopic (exact) mass is 456 g/mol. The van der Waals surface area contributed by atoms with E-state index in [9.17, 15) is 13.2 Å². The number of aromatic nitrogens is 1. The lowest BCUT2D eigenvalue weighted by atomic mass is 10.2. The van der Waals surface area contributed by atoms with Crippen molar-refractivity contribution >= 4 is 39.0 Å². The Kier molecular flexibility index (Phi) is 6.22. The molecule has 9 heteroatoms. The van der Waals surface area contributed by atoms with Gasteiger partial charge in [-0.15, -0.1) is 0 Å². The summed E-state index contributed by atoms with van der Waals surface area (Å²) in [6, 6.07) is 18.7. The van der Waals surface area contributed by atoms with Gasteiger partial charge in [0, 0.05) is 36.8 Å². The van der Waals surface area contributed by atoms with Crippen LogP contribution in [0, 0.1) is 0 Å². The summed E-state index contributed by atoms with van der Waals surface area (Å²) in [5.74, 6) is 0.493. The van der Waals surface area contributed by atoms with Crippen molar-refractivity contribution in [3.63, 3.8) is 0 Å². The molecule has 4 rings (SSSR count).